The second-order valence-electron chi connectivity index (χ2n) is 4.00. The first-order chi connectivity index (χ1) is 8.49. The molecule has 2 rings (SSSR count). The number of anilines is 1. The van der Waals surface area contributed by atoms with E-state index < -0.39 is 0 Å². The van der Waals surface area contributed by atoms with Crippen molar-refractivity contribution in [1.82, 2.24) is 0 Å². The van der Waals surface area contributed by atoms with E-state index in [2.05, 4.69) is 21.2 Å². The van der Waals surface area contributed by atoms with Crippen LogP contribution in [0.3, 0.4) is 0 Å². The summed E-state index contributed by atoms with van der Waals surface area (Å²) in [5.74, 6) is -0.176. The zero-order valence-electron chi connectivity index (χ0n) is 9.88. The molecule has 1 N–H and O–H groups in total. The third-order valence-electron chi connectivity index (χ3n) is 2.48. The van der Waals surface area contributed by atoms with Crippen LogP contribution in [0.15, 0.2) is 28.1 Å². The highest BCUT2D eigenvalue weighted by atomic mass is 79.9. The maximum Gasteiger partial charge on any atom is 0.267 e. The van der Waals surface area contributed by atoms with E-state index in [-0.39, 0.29) is 5.91 Å². The largest absolute Gasteiger partial charge is 0.320 e. The van der Waals surface area contributed by atoms with Crippen LogP contribution in [0.1, 0.15) is 20.8 Å². The van der Waals surface area contributed by atoms with Crippen molar-refractivity contribution in [1.29, 1.82) is 0 Å². The van der Waals surface area contributed by atoms with E-state index in [1.807, 2.05) is 37.4 Å². The fraction of sp³-hybridized carbons (Fsp3) is 0.154. The molecule has 1 heterocycles. The topological polar surface area (TPSA) is 29.1 Å². The highest BCUT2D eigenvalue weighted by Crippen LogP contribution is 2.29. The molecule has 0 aliphatic heterocycles. The Kier molecular flexibility index (Phi) is 4.10. The van der Waals surface area contributed by atoms with Gasteiger partial charge in [0.1, 0.15) is 4.88 Å². The van der Waals surface area contributed by atoms with Crippen LogP contribution in [0, 0.1) is 13.8 Å². The van der Waals surface area contributed by atoms with Crippen molar-refractivity contribution < 1.29 is 4.79 Å². The Morgan fingerprint density at radius 1 is 1.39 bits per heavy atom. The summed E-state index contributed by atoms with van der Waals surface area (Å²) in [6.45, 7) is 3.86. The Bertz CT molecular complexity index is 609. The fourth-order valence-electron chi connectivity index (χ4n) is 1.50. The van der Waals surface area contributed by atoms with Gasteiger partial charge in [0, 0.05) is 4.47 Å². The van der Waals surface area contributed by atoms with E-state index in [4.69, 9.17) is 11.6 Å². The van der Waals surface area contributed by atoms with Crippen molar-refractivity contribution in [3.8, 4) is 0 Å². The highest BCUT2D eigenvalue weighted by Gasteiger charge is 2.15. The van der Waals surface area contributed by atoms with Crippen molar-refractivity contribution >= 4 is 50.5 Å². The van der Waals surface area contributed by atoms with Gasteiger partial charge in [-0.25, -0.2) is 0 Å². The van der Waals surface area contributed by atoms with Crippen LogP contribution in [0.5, 0.6) is 0 Å². The second-order valence-corrected chi connectivity index (χ2v) is 6.11. The second kappa shape index (κ2) is 5.43. The zero-order valence-corrected chi connectivity index (χ0v) is 13.0. The monoisotopic (exact) mass is 343 g/mol. The summed E-state index contributed by atoms with van der Waals surface area (Å²) in [5, 5.41) is 5.27. The summed E-state index contributed by atoms with van der Waals surface area (Å²) in [6.07, 6.45) is 0. The van der Waals surface area contributed by atoms with Gasteiger partial charge in [0.25, 0.3) is 5.91 Å². The predicted molar refractivity (Wildman–Crippen MR) is 80.9 cm³/mol. The number of carbonyl (C=O) groups is 1. The van der Waals surface area contributed by atoms with Crippen LogP contribution in [0.25, 0.3) is 0 Å². The van der Waals surface area contributed by atoms with Gasteiger partial charge in [0.15, 0.2) is 0 Å². The van der Waals surface area contributed by atoms with Crippen LogP contribution < -0.4 is 5.32 Å². The van der Waals surface area contributed by atoms with Crippen molar-refractivity contribution in [3.63, 3.8) is 0 Å². The Morgan fingerprint density at radius 3 is 2.72 bits per heavy atom. The van der Waals surface area contributed by atoms with Gasteiger partial charge in [-0.05, 0) is 58.4 Å². The third kappa shape index (κ3) is 2.76. The smallest absolute Gasteiger partial charge is 0.267 e. The number of amides is 1. The molecule has 0 bridgehead atoms. The lowest BCUT2D eigenvalue weighted by atomic mass is 10.2. The molecule has 0 saturated heterocycles. The number of thiophene rings is 1. The van der Waals surface area contributed by atoms with E-state index in [1.54, 1.807) is 0 Å². The summed E-state index contributed by atoms with van der Waals surface area (Å²) in [6, 6.07) is 5.80. The number of hydrogen-bond acceptors (Lipinski definition) is 2. The number of hydrogen-bond donors (Lipinski definition) is 1. The molecular formula is C13H11BrClNOS. The number of halogens is 2. The normalized spacial score (nSPS) is 10.4. The van der Waals surface area contributed by atoms with Crippen molar-refractivity contribution in [2.45, 2.75) is 13.8 Å². The molecule has 1 aromatic heterocycles. The van der Waals surface area contributed by atoms with Crippen LogP contribution >= 0.6 is 38.9 Å². The molecule has 0 unspecified atom stereocenters. The molecule has 0 atom stereocenters. The molecule has 1 aromatic carbocycles. The molecular weight excluding hydrogens is 334 g/mol. The Morgan fingerprint density at radius 2 is 2.11 bits per heavy atom. The standard InChI is InChI=1S/C13H11BrClNOS/c1-7-3-4-9(14)10(5-7)16-13(17)12-11(15)8(2)6-18-12/h3-6H,1-2H3,(H,16,17). The summed E-state index contributed by atoms with van der Waals surface area (Å²) in [5.41, 5.74) is 2.76. The lowest BCUT2D eigenvalue weighted by Gasteiger charge is -2.07. The van der Waals surface area contributed by atoms with Crippen molar-refractivity contribution in [2.24, 2.45) is 0 Å². The average molecular weight is 345 g/mol. The fourth-order valence-corrected chi connectivity index (χ4v) is 3.02. The van der Waals surface area contributed by atoms with Gasteiger partial charge in [-0.15, -0.1) is 11.3 Å². The minimum Gasteiger partial charge on any atom is -0.320 e. The quantitative estimate of drug-likeness (QED) is 0.813. The maximum atomic E-state index is 12.1. The molecule has 0 saturated carbocycles. The molecule has 0 aliphatic rings. The van der Waals surface area contributed by atoms with Crippen LogP contribution in [0.4, 0.5) is 5.69 Å². The summed E-state index contributed by atoms with van der Waals surface area (Å²) < 4.78 is 0.853. The minimum absolute atomic E-state index is 0.176. The number of aryl methyl sites for hydroxylation is 2. The molecule has 0 radical (unpaired) electrons. The average Bonchev–Trinajstić information content (AvgIpc) is 2.65. The SMILES string of the molecule is Cc1ccc(Br)c(NC(=O)c2scc(C)c2Cl)c1. The molecule has 94 valence electrons. The van der Waals surface area contributed by atoms with Crippen molar-refractivity contribution in [2.75, 3.05) is 5.32 Å². The predicted octanol–water partition coefficient (Wildman–Crippen LogP) is 5.03. The highest BCUT2D eigenvalue weighted by molar-refractivity contribution is 9.10. The first kappa shape index (κ1) is 13.6. The third-order valence-corrected chi connectivity index (χ3v) is 4.86. The van der Waals surface area contributed by atoms with Crippen LogP contribution in [0.2, 0.25) is 5.02 Å². The number of carbonyl (C=O) groups excluding carboxylic acids is 1. The first-order valence-corrected chi connectivity index (χ1v) is 7.35. The van der Waals surface area contributed by atoms with E-state index in [1.165, 1.54) is 11.3 Å². The lowest BCUT2D eigenvalue weighted by molar-refractivity contribution is 0.103. The van der Waals surface area contributed by atoms with Gasteiger partial charge in [0.2, 0.25) is 0 Å². The molecule has 1 amide bonds. The molecule has 0 spiro atoms. The summed E-state index contributed by atoms with van der Waals surface area (Å²) in [4.78, 5) is 12.6. The van der Waals surface area contributed by atoms with Gasteiger partial charge in [0.05, 0.1) is 10.7 Å². The molecule has 0 fully saturated rings. The van der Waals surface area contributed by atoms with Gasteiger partial charge in [-0.2, -0.15) is 0 Å². The summed E-state index contributed by atoms with van der Waals surface area (Å²) in [7, 11) is 0. The Labute approximate surface area is 123 Å². The van der Waals surface area contributed by atoms with Crippen LogP contribution in [-0.4, -0.2) is 5.91 Å². The number of benzene rings is 1. The van der Waals surface area contributed by atoms with Gasteiger partial charge >= 0.3 is 0 Å². The number of rotatable bonds is 2. The van der Waals surface area contributed by atoms with Crippen molar-refractivity contribution in [3.05, 3.63) is 49.1 Å². The maximum absolute atomic E-state index is 12.1. The summed E-state index contributed by atoms with van der Waals surface area (Å²) >= 11 is 10.8. The molecule has 5 heteroatoms. The van der Waals surface area contributed by atoms with Gasteiger partial charge < -0.3 is 5.32 Å². The van der Waals surface area contributed by atoms with Gasteiger partial charge in [-0.3, -0.25) is 4.79 Å². The Balaban J connectivity index is 2.27. The van der Waals surface area contributed by atoms with Crippen LogP contribution in [-0.2, 0) is 0 Å². The molecule has 2 nitrogen and oxygen atoms in total. The van der Waals surface area contributed by atoms with Gasteiger partial charge in [-0.1, -0.05) is 17.7 Å². The number of nitrogens with one attached hydrogen (secondary N) is 1. The first-order valence-electron chi connectivity index (χ1n) is 5.30. The van der Waals surface area contributed by atoms with E-state index >= 15 is 0 Å². The molecule has 0 aliphatic carbocycles. The van der Waals surface area contributed by atoms with E-state index in [0.717, 1.165) is 21.3 Å². The van der Waals surface area contributed by atoms with E-state index in [9.17, 15) is 4.79 Å². The van der Waals surface area contributed by atoms with E-state index in [0.29, 0.717) is 9.90 Å². The zero-order chi connectivity index (χ0) is 13.3. The molecule has 18 heavy (non-hydrogen) atoms. The minimum atomic E-state index is -0.176. The molecule has 2 aromatic rings. The lowest BCUT2D eigenvalue weighted by Crippen LogP contribution is -2.11. The Hall–Kier alpha value is -0.840.